The molecule has 2 aliphatic rings. The van der Waals surface area contributed by atoms with Crippen molar-refractivity contribution in [2.24, 2.45) is 5.73 Å². The summed E-state index contributed by atoms with van der Waals surface area (Å²) in [6.07, 6.45) is 0.222. The van der Waals surface area contributed by atoms with Crippen LogP contribution in [0.15, 0.2) is 42.5 Å². The van der Waals surface area contributed by atoms with Gasteiger partial charge >= 0.3 is 0 Å². The Bertz CT molecular complexity index is 1020. The number of carbonyl (C=O) groups excluding carboxylic acids is 4. The van der Waals surface area contributed by atoms with Crippen LogP contribution in [0.5, 0.6) is 0 Å². The smallest absolute Gasteiger partial charge is 0.264 e. The van der Waals surface area contributed by atoms with E-state index in [-0.39, 0.29) is 24.0 Å². The zero-order valence-corrected chi connectivity index (χ0v) is 15.6. The average Bonchev–Trinajstić information content (AvgIpc) is 2.98. The third-order valence-electron chi connectivity index (χ3n) is 5.21. The van der Waals surface area contributed by atoms with Crippen molar-refractivity contribution >= 4 is 29.3 Å². The molecule has 8 heteroatoms. The Kier molecular flexibility index (Phi) is 4.85. The summed E-state index contributed by atoms with van der Waals surface area (Å²) < 4.78 is 0. The van der Waals surface area contributed by atoms with Crippen LogP contribution < -0.4 is 16.4 Å². The third kappa shape index (κ3) is 3.38. The maximum atomic E-state index is 13.0. The van der Waals surface area contributed by atoms with Crippen LogP contribution in [-0.4, -0.2) is 34.6 Å². The van der Waals surface area contributed by atoms with Crippen molar-refractivity contribution in [3.8, 4) is 0 Å². The summed E-state index contributed by atoms with van der Waals surface area (Å²) in [6.45, 7) is 0.924. The molecule has 2 aromatic carbocycles. The molecule has 1 fully saturated rings. The average molecular weight is 392 g/mol. The van der Waals surface area contributed by atoms with Gasteiger partial charge in [-0.05, 0) is 29.7 Å². The fourth-order valence-electron chi connectivity index (χ4n) is 3.65. The van der Waals surface area contributed by atoms with E-state index < -0.39 is 29.7 Å². The van der Waals surface area contributed by atoms with Gasteiger partial charge < -0.3 is 11.1 Å². The molecule has 2 aromatic rings. The highest BCUT2D eigenvalue weighted by Gasteiger charge is 2.45. The lowest BCUT2D eigenvalue weighted by atomic mass is 10.0. The fourth-order valence-corrected chi connectivity index (χ4v) is 3.65. The molecule has 1 atom stereocenters. The minimum Gasteiger partial charge on any atom is -0.380 e. The van der Waals surface area contributed by atoms with Crippen molar-refractivity contribution in [3.63, 3.8) is 0 Å². The summed E-state index contributed by atoms with van der Waals surface area (Å²) in [5, 5.41) is 5.40. The topological polar surface area (TPSA) is 122 Å². The Balaban J connectivity index is 1.57. The van der Waals surface area contributed by atoms with Crippen LogP contribution >= 0.6 is 0 Å². The molecule has 0 aromatic heterocycles. The van der Waals surface area contributed by atoms with E-state index in [9.17, 15) is 19.2 Å². The summed E-state index contributed by atoms with van der Waals surface area (Å²) in [7, 11) is 0. The summed E-state index contributed by atoms with van der Waals surface area (Å²) in [6, 6.07) is 11.8. The van der Waals surface area contributed by atoms with E-state index in [2.05, 4.69) is 10.6 Å². The number of imide groups is 2. The number of benzene rings is 2. The van der Waals surface area contributed by atoms with Crippen LogP contribution in [0.2, 0.25) is 0 Å². The van der Waals surface area contributed by atoms with Crippen LogP contribution in [0.4, 0.5) is 5.69 Å². The lowest BCUT2D eigenvalue weighted by molar-refractivity contribution is -0.136. The van der Waals surface area contributed by atoms with Crippen molar-refractivity contribution in [1.29, 1.82) is 0 Å². The van der Waals surface area contributed by atoms with Crippen LogP contribution in [0.3, 0.4) is 0 Å². The lowest BCUT2D eigenvalue weighted by Crippen LogP contribution is -2.54. The molecule has 2 aliphatic heterocycles. The highest BCUT2D eigenvalue weighted by atomic mass is 16.2. The molecule has 4 amide bonds. The highest BCUT2D eigenvalue weighted by Crippen LogP contribution is 2.32. The van der Waals surface area contributed by atoms with Crippen LogP contribution in [0.1, 0.15) is 44.7 Å². The van der Waals surface area contributed by atoms with Gasteiger partial charge in [0.1, 0.15) is 6.04 Å². The molecule has 2 heterocycles. The fraction of sp³-hybridized carbons (Fsp3) is 0.238. The van der Waals surface area contributed by atoms with E-state index in [0.717, 1.165) is 16.0 Å². The molecule has 29 heavy (non-hydrogen) atoms. The Morgan fingerprint density at radius 1 is 1.00 bits per heavy atom. The van der Waals surface area contributed by atoms with E-state index in [0.29, 0.717) is 18.8 Å². The normalized spacial score (nSPS) is 18.7. The van der Waals surface area contributed by atoms with Crippen molar-refractivity contribution in [2.75, 3.05) is 5.32 Å². The largest absolute Gasteiger partial charge is 0.380 e. The third-order valence-corrected chi connectivity index (χ3v) is 5.21. The molecule has 0 saturated carbocycles. The van der Waals surface area contributed by atoms with Gasteiger partial charge in [-0.25, -0.2) is 0 Å². The van der Waals surface area contributed by atoms with Crippen LogP contribution in [0.25, 0.3) is 0 Å². The number of hydrogen-bond donors (Lipinski definition) is 3. The molecule has 0 radical (unpaired) electrons. The summed E-state index contributed by atoms with van der Waals surface area (Å²) in [4.78, 5) is 50.4. The minimum absolute atomic E-state index is 0.0910. The molecule has 8 nitrogen and oxygen atoms in total. The molecule has 0 bridgehead atoms. The first-order valence-electron chi connectivity index (χ1n) is 9.36. The Morgan fingerprint density at radius 3 is 2.41 bits per heavy atom. The second kappa shape index (κ2) is 7.48. The number of piperidine rings is 1. The summed E-state index contributed by atoms with van der Waals surface area (Å²) in [5.74, 6) is -2.06. The summed E-state index contributed by atoms with van der Waals surface area (Å²) >= 11 is 0. The number of rotatable bonds is 5. The van der Waals surface area contributed by atoms with E-state index in [1.165, 1.54) is 0 Å². The number of hydrogen-bond acceptors (Lipinski definition) is 6. The van der Waals surface area contributed by atoms with Gasteiger partial charge in [0.15, 0.2) is 0 Å². The molecular formula is C21H20N4O4. The molecule has 0 spiro atoms. The molecule has 1 unspecified atom stereocenters. The second-order valence-electron chi connectivity index (χ2n) is 7.05. The minimum atomic E-state index is -0.975. The van der Waals surface area contributed by atoms with Crippen LogP contribution in [0, 0.1) is 0 Å². The number of carbonyl (C=O) groups is 4. The quantitative estimate of drug-likeness (QED) is 0.657. The first-order chi connectivity index (χ1) is 14.0. The van der Waals surface area contributed by atoms with Gasteiger partial charge in [0, 0.05) is 25.2 Å². The molecular weight excluding hydrogens is 372 g/mol. The predicted molar refractivity (Wildman–Crippen MR) is 105 cm³/mol. The first kappa shape index (κ1) is 18.8. The number of nitrogens with one attached hydrogen (secondary N) is 2. The maximum Gasteiger partial charge on any atom is 0.264 e. The summed E-state index contributed by atoms with van der Waals surface area (Å²) in [5.41, 5.74) is 8.66. The van der Waals surface area contributed by atoms with E-state index in [4.69, 9.17) is 5.73 Å². The van der Waals surface area contributed by atoms with E-state index in [1.807, 2.05) is 24.3 Å². The van der Waals surface area contributed by atoms with Gasteiger partial charge in [0.2, 0.25) is 11.8 Å². The van der Waals surface area contributed by atoms with Gasteiger partial charge in [-0.15, -0.1) is 0 Å². The van der Waals surface area contributed by atoms with Gasteiger partial charge in [-0.3, -0.25) is 29.4 Å². The number of anilines is 1. The van der Waals surface area contributed by atoms with E-state index >= 15 is 0 Å². The molecule has 148 valence electrons. The Labute approximate surface area is 167 Å². The molecule has 4 N–H and O–H groups in total. The van der Waals surface area contributed by atoms with Crippen molar-refractivity contribution in [1.82, 2.24) is 10.2 Å². The number of nitrogens with zero attached hydrogens (tertiary/aromatic N) is 1. The standard InChI is InChI=1S/C21H20N4O4/c22-10-12-4-6-13(7-5-12)11-23-15-3-1-2-14-18(15)21(29)25(20(14)28)16-8-9-17(26)24-19(16)27/h1-7,16,23H,8-11,22H2,(H,24,26,27). The number of amides is 4. The monoisotopic (exact) mass is 392 g/mol. The number of fused-ring (bicyclic) bond motifs is 1. The SMILES string of the molecule is NCc1ccc(CNc2cccc3c2C(=O)N(C2CCC(=O)NC2=O)C3=O)cc1. The second-order valence-corrected chi connectivity index (χ2v) is 7.05. The molecule has 1 saturated heterocycles. The zero-order valence-electron chi connectivity index (χ0n) is 15.6. The highest BCUT2D eigenvalue weighted by molar-refractivity contribution is 6.25. The maximum absolute atomic E-state index is 13.0. The Hall–Kier alpha value is -3.52. The lowest BCUT2D eigenvalue weighted by Gasteiger charge is -2.27. The van der Waals surface area contributed by atoms with Crippen molar-refractivity contribution in [3.05, 3.63) is 64.7 Å². The first-order valence-corrected chi connectivity index (χ1v) is 9.36. The van der Waals surface area contributed by atoms with Gasteiger partial charge in [-0.1, -0.05) is 30.3 Å². The predicted octanol–water partition coefficient (Wildman–Crippen LogP) is 1.16. The van der Waals surface area contributed by atoms with Gasteiger partial charge in [0.05, 0.1) is 11.1 Å². The van der Waals surface area contributed by atoms with Crippen molar-refractivity contribution in [2.45, 2.75) is 32.0 Å². The van der Waals surface area contributed by atoms with E-state index in [1.54, 1.807) is 18.2 Å². The van der Waals surface area contributed by atoms with Gasteiger partial charge in [-0.2, -0.15) is 0 Å². The van der Waals surface area contributed by atoms with Crippen molar-refractivity contribution < 1.29 is 19.2 Å². The Morgan fingerprint density at radius 2 is 1.72 bits per heavy atom. The molecule has 4 rings (SSSR count). The number of nitrogens with two attached hydrogens (primary N) is 1. The molecule has 0 aliphatic carbocycles. The van der Waals surface area contributed by atoms with Gasteiger partial charge in [0.25, 0.3) is 11.8 Å². The van der Waals surface area contributed by atoms with Crippen LogP contribution in [-0.2, 0) is 22.7 Å². The zero-order chi connectivity index (χ0) is 20.5.